The van der Waals surface area contributed by atoms with Crippen molar-refractivity contribution < 1.29 is 4.74 Å². The molecule has 4 nitrogen and oxygen atoms in total. The Labute approximate surface area is 129 Å². The van der Waals surface area contributed by atoms with Crippen molar-refractivity contribution in [3.63, 3.8) is 0 Å². The Kier molecular flexibility index (Phi) is 3.10. The Balaban J connectivity index is 1.89. The zero-order valence-electron chi connectivity index (χ0n) is 12.4. The number of methoxy groups -OCH3 is 1. The normalized spacial score (nSPS) is 29.2. The first kappa shape index (κ1) is 13.4. The van der Waals surface area contributed by atoms with Crippen LogP contribution in [0.25, 0.3) is 11.2 Å². The minimum atomic E-state index is -0.107. The standard InChI is InChI=1S/C16H20ClN3O/c1-9(17)15-18-12-5-6-14(21-2)19-16(12)20(15)13-8-10-3-4-11(13)7-10/h5-6,9-11,13H,3-4,7-8H2,1-2H3. The van der Waals surface area contributed by atoms with Crippen LogP contribution >= 0.6 is 11.6 Å². The van der Waals surface area contributed by atoms with Gasteiger partial charge in [-0.2, -0.15) is 4.98 Å². The van der Waals surface area contributed by atoms with Crippen molar-refractivity contribution >= 4 is 22.8 Å². The molecular formula is C16H20ClN3O. The van der Waals surface area contributed by atoms with E-state index in [-0.39, 0.29) is 5.38 Å². The number of ether oxygens (including phenoxy) is 1. The lowest BCUT2D eigenvalue weighted by Crippen LogP contribution is -2.19. The quantitative estimate of drug-likeness (QED) is 0.801. The molecule has 2 aromatic heterocycles. The largest absolute Gasteiger partial charge is 0.481 e. The van der Waals surface area contributed by atoms with Crippen LogP contribution in [-0.2, 0) is 0 Å². The van der Waals surface area contributed by atoms with Gasteiger partial charge >= 0.3 is 0 Å². The Morgan fingerprint density at radius 3 is 2.76 bits per heavy atom. The molecule has 0 N–H and O–H groups in total. The smallest absolute Gasteiger partial charge is 0.215 e. The molecule has 4 unspecified atom stereocenters. The predicted octanol–water partition coefficient (Wildman–Crippen LogP) is 4.10. The number of nitrogens with zero attached hydrogens (tertiary/aromatic N) is 3. The van der Waals surface area contributed by atoms with Gasteiger partial charge in [0.2, 0.25) is 5.88 Å². The zero-order valence-corrected chi connectivity index (χ0v) is 13.2. The molecule has 112 valence electrons. The van der Waals surface area contributed by atoms with Gasteiger partial charge in [0.05, 0.1) is 12.5 Å². The second-order valence-electron chi connectivity index (χ2n) is 6.39. The highest BCUT2D eigenvalue weighted by atomic mass is 35.5. The summed E-state index contributed by atoms with van der Waals surface area (Å²) < 4.78 is 7.59. The van der Waals surface area contributed by atoms with Crippen molar-refractivity contribution in [2.45, 2.75) is 44.0 Å². The fourth-order valence-corrected chi connectivity index (χ4v) is 4.38. The van der Waals surface area contributed by atoms with Crippen molar-refractivity contribution in [2.24, 2.45) is 11.8 Å². The minimum Gasteiger partial charge on any atom is -0.481 e. The van der Waals surface area contributed by atoms with E-state index < -0.39 is 0 Å². The molecule has 0 spiro atoms. The summed E-state index contributed by atoms with van der Waals surface area (Å²) in [4.78, 5) is 9.37. The van der Waals surface area contributed by atoms with E-state index in [1.165, 1.54) is 25.7 Å². The van der Waals surface area contributed by atoms with Crippen LogP contribution in [0, 0.1) is 11.8 Å². The van der Waals surface area contributed by atoms with Crippen LogP contribution in [0.3, 0.4) is 0 Å². The van der Waals surface area contributed by atoms with Gasteiger partial charge in [-0.25, -0.2) is 4.98 Å². The van der Waals surface area contributed by atoms with E-state index in [0.29, 0.717) is 11.9 Å². The Bertz CT molecular complexity index is 681. The molecule has 2 aliphatic rings. The lowest BCUT2D eigenvalue weighted by molar-refractivity contribution is 0.327. The monoisotopic (exact) mass is 305 g/mol. The third-order valence-corrected chi connectivity index (χ3v) is 5.33. The van der Waals surface area contributed by atoms with Gasteiger partial charge < -0.3 is 9.30 Å². The summed E-state index contributed by atoms with van der Waals surface area (Å²) in [6.45, 7) is 1.99. The molecule has 0 radical (unpaired) electrons. The first-order chi connectivity index (χ1) is 10.2. The van der Waals surface area contributed by atoms with Gasteiger partial charge in [0.15, 0.2) is 5.65 Å². The van der Waals surface area contributed by atoms with E-state index >= 15 is 0 Å². The minimum absolute atomic E-state index is 0.107. The van der Waals surface area contributed by atoms with Crippen molar-refractivity contribution in [1.82, 2.24) is 14.5 Å². The van der Waals surface area contributed by atoms with Gasteiger partial charge in [-0.1, -0.05) is 6.42 Å². The maximum atomic E-state index is 6.39. The Hall–Kier alpha value is -1.29. The average Bonchev–Trinajstić information content (AvgIpc) is 3.18. The molecule has 2 saturated carbocycles. The first-order valence-electron chi connectivity index (χ1n) is 7.74. The molecule has 5 heteroatoms. The van der Waals surface area contributed by atoms with Crippen molar-refractivity contribution in [3.8, 4) is 5.88 Å². The Morgan fingerprint density at radius 2 is 2.14 bits per heavy atom. The average molecular weight is 306 g/mol. The zero-order chi connectivity index (χ0) is 14.6. The molecule has 0 amide bonds. The van der Waals surface area contributed by atoms with E-state index in [4.69, 9.17) is 21.3 Å². The SMILES string of the molecule is COc1ccc2nc(C(C)Cl)n(C3CC4CCC3C4)c2n1. The number of imidazole rings is 1. The van der Waals surface area contributed by atoms with Crippen LogP contribution in [-0.4, -0.2) is 21.6 Å². The number of rotatable bonds is 3. The molecule has 2 bridgehead atoms. The molecule has 4 rings (SSSR count). The summed E-state index contributed by atoms with van der Waals surface area (Å²) in [5.41, 5.74) is 1.84. The van der Waals surface area contributed by atoms with Gasteiger partial charge in [0.25, 0.3) is 0 Å². The Morgan fingerprint density at radius 1 is 1.29 bits per heavy atom. The predicted molar refractivity (Wildman–Crippen MR) is 82.8 cm³/mol. The van der Waals surface area contributed by atoms with Crippen LogP contribution < -0.4 is 4.74 Å². The van der Waals surface area contributed by atoms with Crippen LogP contribution in [0.5, 0.6) is 5.88 Å². The van der Waals surface area contributed by atoms with Gasteiger partial charge in [0, 0.05) is 12.1 Å². The molecule has 0 saturated heterocycles. The fraction of sp³-hybridized carbons (Fsp3) is 0.625. The molecule has 0 aromatic carbocycles. The highest BCUT2D eigenvalue weighted by Gasteiger charge is 2.42. The third-order valence-electron chi connectivity index (χ3n) is 5.14. The van der Waals surface area contributed by atoms with Crippen LogP contribution in [0.4, 0.5) is 0 Å². The van der Waals surface area contributed by atoms with Gasteiger partial charge in [0.1, 0.15) is 11.3 Å². The molecule has 0 aliphatic heterocycles. The number of pyridine rings is 1. The second-order valence-corrected chi connectivity index (χ2v) is 7.05. The van der Waals surface area contributed by atoms with Gasteiger partial charge in [-0.05, 0) is 44.1 Å². The van der Waals surface area contributed by atoms with E-state index in [1.54, 1.807) is 7.11 Å². The molecule has 2 aliphatic carbocycles. The molecule has 2 heterocycles. The molecule has 2 aromatic rings. The number of hydrogen-bond acceptors (Lipinski definition) is 3. The van der Waals surface area contributed by atoms with Crippen LogP contribution in [0.15, 0.2) is 12.1 Å². The number of hydrogen-bond donors (Lipinski definition) is 0. The maximum Gasteiger partial charge on any atom is 0.215 e. The maximum absolute atomic E-state index is 6.39. The third kappa shape index (κ3) is 2.03. The highest BCUT2D eigenvalue weighted by Crippen LogP contribution is 2.52. The molecule has 21 heavy (non-hydrogen) atoms. The van der Waals surface area contributed by atoms with Crippen molar-refractivity contribution in [2.75, 3.05) is 7.11 Å². The van der Waals surface area contributed by atoms with Crippen molar-refractivity contribution in [1.29, 1.82) is 0 Å². The van der Waals surface area contributed by atoms with Crippen LogP contribution in [0.2, 0.25) is 0 Å². The number of fused-ring (bicyclic) bond motifs is 3. The molecular weight excluding hydrogens is 286 g/mol. The number of halogens is 1. The lowest BCUT2D eigenvalue weighted by Gasteiger charge is -2.25. The van der Waals surface area contributed by atoms with Gasteiger partial charge in [-0.3, -0.25) is 0 Å². The first-order valence-corrected chi connectivity index (χ1v) is 8.18. The summed E-state index contributed by atoms with van der Waals surface area (Å²) in [6, 6.07) is 4.35. The highest BCUT2D eigenvalue weighted by molar-refractivity contribution is 6.20. The van der Waals surface area contributed by atoms with Crippen molar-refractivity contribution in [3.05, 3.63) is 18.0 Å². The van der Waals surface area contributed by atoms with E-state index in [1.807, 2.05) is 19.1 Å². The summed E-state index contributed by atoms with van der Waals surface area (Å²) in [7, 11) is 1.65. The van der Waals surface area contributed by atoms with E-state index in [0.717, 1.165) is 28.8 Å². The summed E-state index contributed by atoms with van der Waals surface area (Å²) in [6.07, 6.45) is 5.31. The number of aromatic nitrogens is 3. The van der Waals surface area contributed by atoms with Crippen LogP contribution in [0.1, 0.15) is 49.9 Å². The van der Waals surface area contributed by atoms with E-state index in [2.05, 4.69) is 9.55 Å². The lowest BCUT2D eigenvalue weighted by atomic mass is 9.95. The topological polar surface area (TPSA) is 39.9 Å². The summed E-state index contributed by atoms with van der Waals surface area (Å²) in [5, 5.41) is -0.107. The fourth-order valence-electron chi connectivity index (χ4n) is 4.22. The molecule has 2 fully saturated rings. The van der Waals surface area contributed by atoms with Gasteiger partial charge in [-0.15, -0.1) is 11.6 Å². The summed E-state index contributed by atoms with van der Waals surface area (Å²) >= 11 is 6.39. The summed E-state index contributed by atoms with van der Waals surface area (Å²) in [5.74, 6) is 3.22. The van der Waals surface area contributed by atoms with E-state index in [9.17, 15) is 0 Å². The second kappa shape index (κ2) is 4.87. The number of alkyl halides is 1. The molecule has 4 atom stereocenters.